The van der Waals surface area contributed by atoms with E-state index in [1.165, 1.54) is 30.3 Å². The van der Waals surface area contributed by atoms with Crippen LogP contribution in [0.4, 0.5) is 5.69 Å². The van der Waals surface area contributed by atoms with Gasteiger partial charge < -0.3 is 55.7 Å². The van der Waals surface area contributed by atoms with Crippen LogP contribution in [-0.2, 0) is 15.9 Å². The van der Waals surface area contributed by atoms with Crippen LogP contribution in [0.1, 0.15) is 17.2 Å². The molecule has 0 saturated carbocycles. The lowest BCUT2D eigenvalue weighted by molar-refractivity contribution is -0.317. The summed E-state index contributed by atoms with van der Waals surface area (Å²) in [5.74, 6) is -0.569. The molecule has 0 bridgehead atoms. The van der Waals surface area contributed by atoms with Crippen LogP contribution in [0.3, 0.4) is 0 Å². The summed E-state index contributed by atoms with van der Waals surface area (Å²) in [7, 11) is 0. The van der Waals surface area contributed by atoms with Gasteiger partial charge in [0, 0.05) is 29.8 Å². The molecule has 2 aliphatic rings. The Morgan fingerprint density at radius 3 is 2.38 bits per heavy atom. The van der Waals surface area contributed by atoms with Crippen LogP contribution in [-0.4, -0.2) is 79.2 Å². The number of aromatic hydroxyl groups is 3. The fourth-order valence-corrected chi connectivity index (χ4v) is 3.95. The molecule has 1 saturated heterocycles. The molecule has 1 fully saturated rings. The van der Waals surface area contributed by atoms with Gasteiger partial charge >= 0.3 is 0 Å². The number of aliphatic hydroxyl groups excluding tert-OH is 4. The lowest BCUT2D eigenvalue weighted by Crippen LogP contribution is -2.60. The molecule has 11 nitrogen and oxygen atoms in total. The molecule has 0 aliphatic carbocycles. The zero-order chi connectivity index (χ0) is 23.2. The van der Waals surface area contributed by atoms with E-state index in [4.69, 9.17) is 19.9 Å². The highest BCUT2D eigenvalue weighted by Crippen LogP contribution is 2.44. The van der Waals surface area contributed by atoms with Gasteiger partial charge in [0.15, 0.2) is 23.9 Å². The lowest BCUT2D eigenvalue weighted by Gasteiger charge is -2.43. The number of rotatable bonds is 4. The minimum absolute atomic E-state index is 0.0722. The Hall–Kier alpha value is -2.80. The van der Waals surface area contributed by atoms with Crippen LogP contribution in [0.25, 0.3) is 0 Å². The normalized spacial score (nSPS) is 32.2. The summed E-state index contributed by atoms with van der Waals surface area (Å²) in [6.45, 7) is -0.621. The minimum atomic E-state index is -1.64. The summed E-state index contributed by atoms with van der Waals surface area (Å²) in [6, 6.07) is 6.92. The Labute approximate surface area is 182 Å². The highest BCUT2D eigenvalue weighted by molar-refractivity contribution is 5.57. The van der Waals surface area contributed by atoms with Crippen molar-refractivity contribution in [3.63, 3.8) is 0 Å². The van der Waals surface area contributed by atoms with Crippen LogP contribution >= 0.6 is 0 Å². The maximum atomic E-state index is 10.4. The molecule has 9 N–H and O–H groups in total. The Morgan fingerprint density at radius 1 is 0.938 bits per heavy atom. The predicted molar refractivity (Wildman–Crippen MR) is 108 cm³/mol. The molecule has 0 spiro atoms. The quantitative estimate of drug-likeness (QED) is 0.215. The van der Waals surface area contributed by atoms with Crippen LogP contribution in [0.5, 0.6) is 23.0 Å². The van der Waals surface area contributed by atoms with E-state index in [9.17, 15) is 35.7 Å². The summed E-state index contributed by atoms with van der Waals surface area (Å²) in [5.41, 5.74) is 6.85. The molecule has 2 aromatic rings. The number of aliphatic hydroxyl groups is 4. The Bertz CT molecular complexity index is 983. The zero-order valence-corrected chi connectivity index (χ0v) is 16.8. The molecule has 2 heterocycles. The van der Waals surface area contributed by atoms with Gasteiger partial charge in [-0.05, 0) is 17.7 Å². The van der Waals surface area contributed by atoms with E-state index in [0.717, 1.165) is 0 Å². The maximum absolute atomic E-state index is 10.4. The van der Waals surface area contributed by atoms with Crippen molar-refractivity contribution in [1.82, 2.24) is 0 Å². The highest BCUT2D eigenvalue weighted by Gasteiger charge is 2.46. The van der Waals surface area contributed by atoms with Gasteiger partial charge in [-0.3, -0.25) is 0 Å². The van der Waals surface area contributed by atoms with Gasteiger partial charge in [0.25, 0.3) is 0 Å². The molecule has 174 valence electrons. The average Bonchev–Trinajstić information content (AvgIpc) is 2.76. The van der Waals surface area contributed by atoms with Crippen molar-refractivity contribution in [2.24, 2.45) is 0 Å². The number of benzene rings is 2. The molecular formula is C21H25NO10. The third-order valence-electron chi connectivity index (χ3n) is 5.69. The number of hydrogen-bond donors (Lipinski definition) is 8. The number of nitrogens with two attached hydrogens (primary N) is 1. The molecule has 0 aromatic heterocycles. The monoisotopic (exact) mass is 451 g/mol. The molecule has 4 rings (SSSR count). The Morgan fingerprint density at radius 2 is 1.69 bits per heavy atom. The van der Waals surface area contributed by atoms with E-state index < -0.39 is 49.5 Å². The first kappa shape index (κ1) is 22.4. The van der Waals surface area contributed by atoms with Gasteiger partial charge in [-0.2, -0.15) is 0 Å². The SMILES string of the molecule is Nc1cc(O)c2c(c1)O[C@H](c1ccc(O)c(O)c1)[C@H](O[C@@H]1OC(CO)[C@@H](O)C(O)[C@@H]1O)C2. The molecule has 2 aromatic carbocycles. The number of nitrogen functional groups attached to an aromatic ring is 1. The van der Waals surface area contributed by atoms with Gasteiger partial charge in [0.2, 0.25) is 0 Å². The minimum Gasteiger partial charge on any atom is -0.507 e. The second kappa shape index (κ2) is 8.62. The zero-order valence-electron chi connectivity index (χ0n) is 16.8. The topological polar surface area (TPSA) is 195 Å². The molecule has 0 radical (unpaired) electrons. The number of ether oxygens (including phenoxy) is 3. The first-order valence-corrected chi connectivity index (χ1v) is 9.95. The van der Waals surface area contributed by atoms with Crippen molar-refractivity contribution >= 4 is 5.69 Å². The molecule has 2 aliphatic heterocycles. The van der Waals surface area contributed by atoms with Crippen molar-refractivity contribution in [3.05, 3.63) is 41.5 Å². The first-order valence-electron chi connectivity index (χ1n) is 9.95. The Balaban J connectivity index is 1.68. The number of anilines is 1. The van der Waals surface area contributed by atoms with E-state index in [1.54, 1.807) is 0 Å². The summed E-state index contributed by atoms with van der Waals surface area (Å²) >= 11 is 0. The van der Waals surface area contributed by atoms with Crippen molar-refractivity contribution < 1.29 is 50.0 Å². The highest BCUT2D eigenvalue weighted by atomic mass is 16.7. The van der Waals surface area contributed by atoms with E-state index in [1.807, 2.05) is 0 Å². The predicted octanol–water partition coefficient (Wildman–Crippen LogP) is -0.753. The van der Waals surface area contributed by atoms with Crippen LogP contribution in [0, 0.1) is 0 Å². The smallest absolute Gasteiger partial charge is 0.187 e. The summed E-state index contributed by atoms with van der Waals surface area (Å²) < 4.78 is 17.4. The van der Waals surface area contributed by atoms with E-state index in [-0.39, 0.29) is 35.1 Å². The van der Waals surface area contributed by atoms with Gasteiger partial charge in [-0.1, -0.05) is 6.07 Å². The summed E-state index contributed by atoms with van der Waals surface area (Å²) in [4.78, 5) is 0. The van der Waals surface area contributed by atoms with E-state index >= 15 is 0 Å². The second-order valence-corrected chi connectivity index (χ2v) is 7.88. The Kier molecular flexibility index (Phi) is 6.03. The van der Waals surface area contributed by atoms with Crippen molar-refractivity contribution in [2.45, 2.75) is 49.3 Å². The second-order valence-electron chi connectivity index (χ2n) is 7.88. The van der Waals surface area contributed by atoms with Crippen molar-refractivity contribution in [2.75, 3.05) is 12.3 Å². The molecule has 2 unspecified atom stereocenters. The third kappa shape index (κ3) is 4.01. The molecule has 32 heavy (non-hydrogen) atoms. The lowest BCUT2D eigenvalue weighted by atomic mass is 9.93. The number of phenolic OH excluding ortho intramolecular Hbond substituents is 3. The van der Waals surface area contributed by atoms with Crippen LogP contribution in [0.15, 0.2) is 30.3 Å². The van der Waals surface area contributed by atoms with Crippen LogP contribution in [0.2, 0.25) is 0 Å². The summed E-state index contributed by atoms with van der Waals surface area (Å²) in [5, 5.41) is 69.7. The van der Waals surface area contributed by atoms with Crippen molar-refractivity contribution in [1.29, 1.82) is 0 Å². The molecule has 11 heteroatoms. The van der Waals surface area contributed by atoms with Gasteiger partial charge in [-0.15, -0.1) is 0 Å². The molecule has 7 atom stereocenters. The fourth-order valence-electron chi connectivity index (χ4n) is 3.95. The maximum Gasteiger partial charge on any atom is 0.187 e. The summed E-state index contributed by atoms with van der Waals surface area (Å²) in [6.07, 6.45) is -9.16. The van der Waals surface area contributed by atoms with E-state index in [0.29, 0.717) is 11.1 Å². The first-order chi connectivity index (χ1) is 15.2. The number of phenols is 3. The molecule has 0 amide bonds. The third-order valence-corrected chi connectivity index (χ3v) is 5.69. The standard InChI is InChI=1S/C21H25NO10/c22-9-4-12(25)10-6-15(31-21-19(29)18(28)17(27)16(7-23)32-21)20(30-14(10)5-9)8-1-2-11(24)13(26)3-8/h1-5,15-21,23-29H,6-7,22H2/t15-,16?,17-,18?,19+,20-,21-/m1/s1. The van der Waals surface area contributed by atoms with Crippen LogP contribution < -0.4 is 10.5 Å². The van der Waals surface area contributed by atoms with Crippen molar-refractivity contribution in [3.8, 4) is 23.0 Å². The van der Waals surface area contributed by atoms with Gasteiger partial charge in [-0.25, -0.2) is 0 Å². The van der Waals surface area contributed by atoms with Gasteiger partial charge in [0.05, 0.1) is 6.61 Å². The number of hydrogen-bond acceptors (Lipinski definition) is 11. The average molecular weight is 451 g/mol. The van der Waals surface area contributed by atoms with E-state index in [2.05, 4.69) is 0 Å². The van der Waals surface area contributed by atoms with Gasteiger partial charge in [0.1, 0.15) is 42.0 Å². The largest absolute Gasteiger partial charge is 0.507 e. The number of fused-ring (bicyclic) bond motifs is 1. The fraction of sp³-hybridized carbons (Fsp3) is 0.429. The molecular weight excluding hydrogens is 426 g/mol.